The van der Waals surface area contributed by atoms with Gasteiger partial charge in [0.2, 0.25) is 0 Å². The molecule has 0 radical (unpaired) electrons. The predicted molar refractivity (Wildman–Crippen MR) is 87.4 cm³/mol. The van der Waals surface area contributed by atoms with E-state index in [4.69, 9.17) is 5.11 Å². The van der Waals surface area contributed by atoms with Gasteiger partial charge in [-0.25, -0.2) is 0 Å². The van der Waals surface area contributed by atoms with Gasteiger partial charge in [0, 0.05) is 26.2 Å². The molecule has 0 amide bonds. The van der Waals surface area contributed by atoms with E-state index in [0.717, 1.165) is 19.6 Å². The van der Waals surface area contributed by atoms with Crippen molar-refractivity contribution < 1.29 is 5.11 Å². The summed E-state index contributed by atoms with van der Waals surface area (Å²) in [6, 6.07) is 10.3. The molecule has 1 atom stereocenters. The first-order chi connectivity index (χ1) is 8.29. The second kappa shape index (κ2) is 13.8. The Kier molecular flexibility index (Phi) is 15.1. The van der Waals surface area contributed by atoms with Crippen LogP contribution in [0.4, 0.5) is 0 Å². The summed E-state index contributed by atoms with van der Waals surface area (Å²) in [5.41, 5.74) is 1.22. The molecule has 1 aromatic rings. The van der Waals surface area contributed by atoms with Crippen molar-refractivity contribution in [3.05, 3.63) is 42.0 Å². The molecule has 5 heteroatoms. The fourth-order valence-electron chi connectivity index (χ4n) is 1.43. The Hall–Kier alpha value is -0.580. The van der Waals surface area contributed by atoms with Gasteiger partial charge in [-0.3, -0.25) is 0 Å². The first kappa shape index (κ1) is 20.7. The summed E-state index contributed by atoms with van der Waals surface area (Å²) >= 11 is 0. The highest BCUT2D eigenvalue weighted by atomic mass is 35.5. The molecule has 0 bridgehead atoms. The number of hydrogen-bond donors (Lipinski definition) is 3. The zero-order valence-corrected chi connectivity index (χ0v) is 12.8. The van der Waals surface area contributed by atoms with E-state index in [1.54, 1.807) is 6.92 Å². The molecule has 0 aliphatic rings. The third-order valence-corrected chi connectivity index (χ3v) is 2.29. The van der Waals surface area contributed by atoms with Gasteiger partial charge in [-0.1, -0.05) is 42.5 Å². The fourth-order valence-corrected chi connectivity index (χ4v) is 1.43. The van der Waals surface area contributed by atoms with Crippen molar-refractivity contribution in [2.45, 2.75) is 13.0 Å². The number of rotatable bonds is 8. The minimum absolute atomic E-state index is 0. The van der Waals surface area contributed by atoms with Crippen LogP contribution in [0, 0.1) is 0 Å². The molecule has 0 saturated heterocycles. The molecule has 0 spiro atoms. The van der Waals surface area contributed by atoms with E-state index in [9.17, 15) is 0 Å². The molecule has 0 aromatic heterocycles. The van der Waals surface area contributed by atoms with Gasteiger partial charge in [-0.05, 0) is 12.5 Å². The Bertz CT molecular complexity index is 318. The fraction of sp³-hybridized carbons (Fsp3) is 0.429. The van der Waals surface area contributed by atoms with Gasteiger partial charge in [0.25, 0.3) is 0 Å². The lowest BCUT2D eigenvalue weighted by Gasteiger charge is -2.06. The summed E-state index contributed by atoms with van der Waals surface area (Å²) in [5, 5.41) is 15.5. The Morgan fingerprint density at radius 2 is 1.74 bits per heavy atom. The van der Waals surface area contributed by atoms with Crippen LogP contribution in [0.5, 0.6) is 0 Å². The first-order valence-electron chi connectivity index (χ1n) is 6.10. The van der Waals surface area contributed by atoms with Crippen LogP contribution in [0.2, 0.25) is 0 Å². The molecule has 0 saturated carbocycles. The molecule has 0 aliphatic heterocycles. The lowest BCUT2D eigenvalue weighted by atomic mass is 10.2. The van der Waals surface area contributed by atoms with Crippen LogP contribution in [0.25, 0.3) is 6.08 Å². The van der Waals surface area contributed by atoms with Crippen molar-refractivity contribution in [2.24, 2.45) is 0 Å². The van der Waals surface area contributed by atoms with Crippen molar-refractivity contribution in [1.29, 1.82) is 0 Å². The van der Waals surface area contributed by atoms with Gasteiger partial charge >= 0.3 is 0 Å². The Morgan fingerprint density at radius 1 is 1.11 bits per heavy atom. The van der Waals surface area contributed by atoms with E-state index in [1.807, 2.05) is 18.2 Å². The molecule has 110 valence electrons. The summed E-state index contributed by atoms with van der Waals surface area (Å²) in [6.07, 6.45) is 3.95. The van der Waals surface area contributed by atoms with Crippen molar-refractivity contribution in [3.63, 3.8) is 0 Å². The highest BCUT2D eigenvalue weighted by Gasteiger charge is 1.92. The summed E-state index contributed by atoms with van der Waals surface area (Å²) in [7, 11) is 0. The Labute approximate surface area is 128 Å². The van der Waals surface area contributed by atoms with Crippen LogP contribution < -0.4 is 10.6 Å². The zero-order valence-electron chi connectivity index (χ0n) is 11.2. The summed E-state index contributed by atoms with van der Waals surface area (Å²) in [4.78, 5) is 0. The van der Waals surface area contributed by atoms with Gasteiger partial charge in [0.1, 0.15) is 0 Å². The van der Waals surface area contributed by atoms with E-state index in [0.29, 0.717) is 6.54 Å². The van der Waals surface area contributed by atoms with Crippen LogP contribution in [0.15, 0.2) is 36.4 Å². The molecule has 19 heavy (non-hydrogen) atoms. The van der Waals surface area contributed by atoms with E-state index in [2.05, 4.69) is 34.9 Å². The number of halogens is 2. The number of aliphatic hydroxyl groups excluding tert-OH is 1. The topological polar surface area (TPSA) is 44.3 Å². The van der Waals surface area contributed by atoms with Crippen LogP contribution >= 0.6 is 24.8 Å². The maximum absolute atomic E-state index is 9.03. The average molecular weight is 307 g/mol. The third-order valence-electron chi connectivity index (χ3n) is 2.29. The maximum atomic E-state index is 9.03. The van der Waals surface area contributed by atoms with E-state index < -0.39 is 0 Å². The molecular weight excluding hydrogens is 283 g/mol. The molecule has 0 fully saturated rings. The normalized spacial score (nSPS) is 11.7. The molecular formula is C14H24Cl2N2O. The molecule has 1 rings (SSSR count). The van der Waals surface area contributed by atoms with E-state index in [-0.39, 0.29) is 30.9 Å². The zero-order chi connectivity index (χ0) is 12.3. The number of benzene rings is 1. The summed E-state index contributed by atoms with van der Waals surface area (Å²) < 4.78 is 0. The van der Waals surface area contributed by atoms with Crippen molar-refractivity contribution in [3.8, 4) is 0 Å². The van der Waals surface area contributed by atoms with Crippen LogP contribution in [-0.4, -0.2) is 37.4 Å². The first-order valence-corrected chi connectivity index (χ1v) is 6.10. The quantitative estimate of drug-likeness (QED) is 0.645. The Morgan fingerprint density at radius 3 is 2.37 bits per heavy atom. The van der Waals surface area contributed by atoms with Crippen molar-refractivity contribution >= 4 is 30.9 Å². The maximum Gasteiger partial charge on any atom is 0.0636 e. The molecule has 1 aromatic carbocycles. The van der Waals surface area contributed by atoms with Gasteiger partial charge < -0.3 is 15.7 Å². The predicted octanol–water partition coefficient (Wildman–Crippen LogP) is 2.10. The summed E-state index contributed by atoms with van der Waals surface area (Å²) in [5.74, 6) is 0. The van der Waals surface area contributed by atoms with Crippen LogP contribution in [0.1, 0.15) is 12.5 Å². The van der Waals surface area contributed by atoms with Gasteiger partial charge in [-0.15, -0.1) is 24.8 Å². The van der Waals surface area contributed by atoms with Crippen LogP contribution in [-0.2, 0) is 0 Å². The van der Waals surface area contributed by atoms with Crippen molar-refractivity contribution in [1.82, 2.24) is 10.6 Å². The minimum atomic E-state index is -0.270. The second-order valence-electron chi connectivity index (χ2n) is 4.07. The van der Waals surface area contributed by atoms with Gasteiger partial charge in [-0.2, -0.15) is 0 Å². The van der Waals surface area contributed by atoms with Crippen LogP contribution in [0.3, 0.4) is 0 Å². The number of nitrogens with one attached hydrogen (secondary N) is 2. The second-order valence-corrected chi connectivity index (χ2v) is 4.07. The number of hydrogen-bond acceptors (Lipinski definition) is 3. The highest BCUT2D eigenvalue weighted by molar-refractivity contribution is 5.85. The van der Waals surface area contributed by atoms with Gasteiger partial charge in [0.15, 0.2) is 0 Å². The monoisotopic (exact) mass is 306 g/mol. The largest absolute Gasteiger partial charge is 0.392 e. The number of aliphatic hydroxyl groups is 1. The molecule has 3 nitrogen and oxygen atoms in total. The van der Waals surface area contributed by atoms with E-state index >= 15 is 0 Å². The standard InChI is InChI=1S/C14H22N2O.2ClH/c1-13(17)12-16-11-10-15-9-5-8-14-6-3-2-4-7-14;;/h2-8,13,15-17H,9-12H2,1H3;2*1H/b8-5+;;. The molecule has 3 N–H and O–H groups in total. The molecule has 0 heterocycles. The molecule has 1 unspecified atom stereocenters. The minimum Gasteiger partial charge on any atom is -0.392 e. The van der Waals surface area contributed by atoms with Gasteiger partial charge in [0.05, 0.1) is 6.10 Å². The summed E-state index contributed by atoms with van der Waals surface area (Å²) in [6.45, 7) is 5.09. The lowest BCUT2D eigenvalue weighted by Crippen LogP contribution is -2.31. The third kappa shape index (κ3) is 12.2. The van der Waals surface area contributed by atoms with E-state index in [1.165, 1.54) is 5.56 Å². The Balaban J connectivity index is 0. The highest BCUT2D eigenvalue weighted by Crippen LogP contribution is 1.99. The SMILES string of the molecule is CC(O)CNCCNC/C=C/c1ccccc1.Cl.Cl. The smallest absolute Gasteiger partial charge is 0.0636 e. The molecule has 0 aliphatic carbocycles. The van der Waals surface area contributed by atoms with Crippen molar-refractivity contribution in [2.75, 3.05) is 26.2 Å². The average Bonchev–Trinajstić information content (AvgIpc) is 2.33. The lowest BCUT2D eigenvalue weighted by molar-refractivity contribution is 0.191.